The summed E-state index contributed by atoms with van der Waals surface area (Å²) in [6.07, 6.45) is 0. The molecule has 7 heteroatoms. The Morgan fingerprint density at radius 3 is 2.75 bits per heavy atom. The first kappa shape index (κ1) is 11.8. The highest BCUT2D eigenvalue weighted by molar-refractivity contribution is 8.00. The lowest BCUT2D eigenvalue weighted by molar-refractivity contribution is 0.972. The number of hydrogen-bond acceptors (Lipinski definition) is 6. The molecule has 2 aromatic heterocycles. The SMILES string of the molecule is Cc1cc(Cl)nc(CSc2nnc(C)s2)n1. The van der Waals surface area contributed by atoms with Gasteiger partial charge >= 0.3 is 0 Å². The molecular formula is C9H9ClN4S2. The highest BCUT2D eigenvalue weighted by Gasteiger charge is 2.05. The Kier molecular flexibility index (Phi) is 3.73. The predicted molar refractivity (Wildman–Crippen MR) is 66.0 cm³/mol. The second-order valence-corrected chi connectivity index (χ2v) is 5.92. The molecule has 0 aromatic carbocycles. The van der Waals surface area contributed by atoms with E-state index in [1.54, 1.807) is 29.2 Å². The third-order valence-electron chi connectivity index (χ3n) is 1.70. The minimum absolute atomic E-state index is 0.483. The van der Waals surface area contributed by atoms with Crippen LogP contribution in [0.2, 0.25) is 5.15 Å². The fourth-order valence-electron chi connectivity index (χ4n) is 1.12. The van der Waals surface area contributed by atoms with Gasteiger partial charge in [0.1, 0.15) is 16.0 Å². The number of halogens is 1. The van der Waals surface area contributed by atoms with Gasteiger partial charge in [-0.15, -0.1) is 10.2 Å². The minimum atomic E-state index is 0.483. The van der Waals surface area contributed by atoms with Crippen LogP contribution < -0.4 is 0 Å². The van der Waals surface area contributed by atoms with Gasteiger partial charge in [-0.3, -0.25) is 0 Å². The topological polar surface area (TPSA) is 51.6 Å². The summed E-state index contributed by atoms with van der Waals surface area (Å²) in [4.78, 5) is 8.44. The fourth-order valence-corrected chi connectivity index (χ4v) is 3.04. The van der Waals surface area contributed by atoms with Crippen molar-refractivity contribution in [1.29, 1.82) is 0 Å². The van der Waals surface area contributed by atoms with E-state index in [2.05, 4.69) is 20.2 Å². The third kappa shape index (κ3) is 3.13. The van der Waals surface area contributed by atoms with E-state index in [-0.39, 0.29) is 0 Å². The molecule has 0 amide bonds. The first-order valence-corrected chi connectivity index (χ1v) is 6.74. The van der Waals surface area contributed by atoms with Crippen LogP contribution >= 0.6 is 34.7 Å². The molecule has 4 nitrogen and oxygen atoms in total. The Hall–Kier alpha value is -0.720. The summed E-state index contributed by atoms with van der Waals surface area (Å²) in [7, 11) is 0. The smallest absolute Gasteiger partial charge is 0.174 e. The average Bonchev–Trinajstić information content (AvgIpc) is 2.60. The number of rotatable bonds is 3. The van der Waals surface area contributed by atoms with Crippen molar-refractivity contribution < 1.29 is 0 Å². The van der Waals surface area contributed by atoms with Crippen molar-refractivity contribution in [2.75, 3.05) is 0 Å². The minimum Gasteiger partial charge on any atom is -0.237 e. The van der Waals surface area contributed by atoms with Gasteiger partial charge in [0.25, 0.3) is 0 Å². The van der Waals surface area contributed by atoms with Gasteiger partial charge in [-0.25, -0.2) is 9.97 Å². The van der Waals surface area contributed by atoms with Crippen LogP contribution in [0.25, 0.3) is 0 Å². The molecule has 0 aliphatic heterocycles. The molecule has 0 fully saturated rings. The van der Waals surface area contributed by atoms with E-state index in [1.165, 1.54) is 0 Å². The molecule has 0 bridgehead atoms. The van der Waals surface area contributed by atoms with Crippen LogP contribution in [0.5, 0.6) is 0 Å². The fraction of sp³-hybridized carbons (Fsp3) is 0.333. The molecule has 0 aliphatic rings. The number of thioether (sulfide) groups is 1. The number of nitrogens with zero attached hydrogens (tertiary/aromatic N) is 4. The van der Waals surface area contributed by atoms with Crippen molar-refractivity contribution in [1.82, 2.24) is 20.2 Å². The first-order chi connectivity index (χ1) is 7.63. The highest BCUT2D eigenvalue weighted by Crippen LogP contribution is 2.24. The molecule has 0 saturated carbocycles. The Balaban J connectivity index is 2.04. The van der Waals surface area contributed by atoms with Crippen LogP contribution in [0.3, 0.4) is 0 Å². The molecule has 2 aromatic rings. The molecule has 2 heterocycles. The van der Waals surface area contributed by atoms with E-state index in [9.17, 15) is 0 Å². The van der Waals surface area contributed by atoms with Gasteiger partial charge in [0, 0.05) is 5.69 Å². The summed E-state index contributed by atoms with van der Waals surface area (Å²) < 4.78 is 0.929. The van der Waals surface area contributed by atoms with Gasteiger partial charge in [0.2, 0.25) is 0 Å². The van der Waals surface area contributed by atoms with Crippen LogP contribution in [0.1, 0.15) is 16.5 Å². The average molecular weight is 273 g/mol. The summed E-state index contributed by atoms with van der Waals surface area (Å²) in [5.41, 5.74) is 0.879. The van der Waals surface area contributed by atoms with Gasteiger partial charge in [-0.05, 0) is 19.9 Å². The third-order valence-corrected chi connectivity index (χ3v) is 3.86. The normalized spacial score (nSPS) is 10.7. The van der Waals surface area contributed by atoms with E-state index in [1.807, 2.05) is 13.8 Å². The van der Waals surface area contributed by atoms with E-state index in [4.69, 9.17) is 11.6 Å². The molecule has 0 radical (unpaired) electrons. The van der Waals surface area contributed by atoms with E-state index < -0.39 is 0 Å². The number of aryl methyl sites for hydroxylation is 2. The lowest BCUT2D eigenvalue weighted by Gasteiger charge is -1.99. The summed E-state index contributed by atoms with van der Waals surface area (Å²) in [5.74, 6) is 1.39. The summed E-state index contributed by atoms with van der Waals surface area (Å²) in [6, 6.07) is 1.74. The molecule has 2 rings (SSSR count). The van der Waals surface area contributed by atoms with Crippen LogP contribution in [-0.4, -0.2) is 20.2 Å². The van der Waals surface area contributed by atoms with Gasteiger partial charge in [-0.2, -0.15) is 0 Å². The molecule has 84 valence electrons. The molecule has 0 unspecified atom stereocenters. The van der Waals surface area contributed by atoms with Crippen molar-refractivity contribution in [2.24, 2.45) is 0 Å². The van der Waals surface area contributed by atoms with Crippen molar-refractivity contribution in [3.63, 3.8) is 0 Å². The van der Waals surface area contributed by atoms with Crippen molar-refractivity contribution >= 4 is 34.7 Å². The van der Waals surface area contributed by atoms with Crippen LogP contribution in [0.15, 0.2) is 10.4 Å². The zero-order chi connectivity index (χ0) is 11.5. The molecule has 0 saturated heterocycles. The summed E-state index contributed by atoms with van der Waals surface area (Å²) in [5, 5.41) is 9.41. The van der Waals surface area contributed by atoms with Crippen molar-refractivity contribution in [3.8, 4) is 0 Å². The lowest BCUT2D eigenvalue weighted by atomic mass is 10.4. The van der Waals surface area contributed by atoms with Gasteiger partial charge in [0.05, 0.1) is 5.75 Å². The number of aromatic nitrogens is 4. The molecule has 0 spiro atoms. The van der Waals surface area contributed by atoms with Crippen LogP contribution in [0.4, 0.5) is 0 Å². The summed E-state index contributed by atoms with van der Waals surface area (Å²) >= 11 is 8.99. The van der Waals surface area contributed by atoms with Crippen molar-refractivity contribution in [2.45, 2.75) is 23.9 Å². The van der Waals surface area contributed by atoms with E-state index >= 15 is 0 Å². The maximum atomic E-state index is 5.85. The maximum Gasteiger partial charge on any atom is 0.174 e. The van der Waals surface area contributed by atoms with Crippen molar-refractivity contribution in [3.05, 3.63) is 27.7 Å². The largest absolute Gasteiger partial charge is 0.237 e. The molecule has 16 heavy (non-hydrogen) atoms. The predicted octanol–water partition coefficient (Wildman–Crippen LogP) is 2.89. The zero-order valence-electron chi connectivity index (χ0n) is 8.77. The molecule has 0 N–H and O–H groups in total. The first-order valence-electron chi connectivity index (χ1n) is 4.56. The summed E-state index contributed by atoms with van der Waals surface area (Å²) in [6.45, 7) is 3.83. The van der Waals surface area contributed by atoms with E-state index in [0.29, 0.717) is 10.9 Å². The Morgan fingerprint density at radius 2 is 2.12 bits per heavy atom. The number of hydrogen-bond donors (Lipinski definition) is 0. The molecular weight excluding hydrogens is 264 g/mol. The van der Waals surface area contributed by atoms with Gasteiger partial charge in [-0.1, -0.05) is 34.7 Å². The van der Waals surface area contributed by atoms with Crippen LogP contribution in [-0.2, 0) is 5.75 Å². The van der Waals surface area contributed by atoms with Gasteiger partial charge < -0.3 is 0 Å². The van der Waals surface area contributed by atoms with Gasteiger partial charge in [0.15, 0.2) is 4.34 Å². The second kappa shape index (κ2) is 5.07. The van der Waals surface area contributed by atoms with Crippen LogP contribution in [0, 0.1) is 13.8 Å². The molecule has 0 aliphatic carbocycles. The Morgan fingerprint density at radius 1 is 1.31 bits per heavy atom. The Bertz CT molecular complexity index is 480. The quantitative estimate of drug-likeness (QED) is 0.635. The highest BCUT2D eigenvalue weighted by atomic mass is 35.5. The lowest BCUT2D eigenvalue weighted by Crippen LogP contribution is -1.95. The van der Waals surface area contributed by atoms with E-state index in [0.717, 1.165) is 20.9 Å². The standard InChI is InChI=1S/C9H9ClN4S2/c1-5-3-7(10)12-8(11-5)4-15-9-14-13-6(2)16-9/h3H,4H2,1-2H3. The maximum absolute atomic E-state index is 5.85. The Labute approximate surface area is 106 Å². The zero-order valence-corrected chi connectivity index (χ0v) is 11.2. The molecule has 0 atom stereocenters. The monoisotopic (exact) mass is 272 g/mol. The second-order valence-electron chi connectivity index (χ2n) is 3.12.